The third-order valence-electron chi connectivity index (χ3n) is 1.47. The molecule has 0 radical (unpaired) electrons. The number of ether oxygens (including phenoxy) is 1. The van der Waals surface area contributed by atoms with E-state index in [4.69, 9.17) is 10.1 Å². The van der Waals surface area contributed by atoms with Crippen LogP contribution in [0.3, 0.4) is 0 Å². The first-order valence-corrected chi connectivity index (χ1v) is 4.61. The van der Waals surface area contributed by atoms with Gasteiger partial charge in [0.05, 0.1) is 12.2 Å². The van der Waals surface area contributed by atoms with E-state index in [1.807, 2.05) is 24.3 Å². The topological polar surface area (TPSA) is 33.1 Å². The van der Waals surface area contributed by atoms with E-state index in [1.165, 1.54) is 17.8 Å². The molecule has 2 nitrogen and oxygen atoms in total. The van der Waals surface area contributed by atoms with E-state index >= 15 is 0 Å². The molecule has 0 heterocycles. The van der Waals surface area contributed by atoms with E-state index in [0.29, 0.717) is 5.04 Å². The first kappa shape index (κ1) is 9.86. The van der Waals surface area contributed by atoms with Crippen LogP contribution in [-0.4, -0.2) is 12.2 Å². The van der Waals surface area contributed by atoms with Gasteiger partial charge < -0.3 is 4.74 Å². The summed E-state index contributed by atoms with van der Waals surface area (Å²) in [5, 5.41) is 7.84. The first-order valence-electron chi connectivity index (χ1n) is 3.79. The Kier molecular flexibility index (Phi) is 3.58. The average molecular weight is 193 g/mol. The highest BCUT2D eigenvalue weighted by atomic mass is 32.2. The molecule has 1 rings (SSSR count). The molecule has 1 aromatic rings. The lowest BCUT2D eigenvalue weighted by Crippen LogP contribution is -1.84. The van der Waals surface area contributed by atoms with Gasteiger partial charge in [-0.1, -0.05) is 18.3 Å². The third kappa shape index (κ3) is 2.95. The van der Waals surface area contributed by atoms with E-state index in [2.05, 4.69) is 6.58 Å². The summed E-state index contributed by atoms with van der Waals surface area (Å²) < 4.78 is 5.02. The molecule has 0 unspecified atom stereocenters. The van der Waals surface area contributed by atoms with E-state index < -0.39 is 0 Å². The fourth-order valence-corrected chi connectivity index (χ4v) is 1.42. The van der Waals surface area contributed by atoms with Crippen LogP contribution in [0, 0.1) is 5.41 Å². The lowest BCUT2D eigenvalue weighted by molar-refractivity contribution is 0.414. The Bertz CT molecular complexity index is 305. The van der Waals surface area contributed by atoms with Gasteiger partial charge in [-0.05, 0) is 30.3 Å². The predicted octanol–water partition coefficient (Wildman–Crippen LogP) is 2.95. The summed E-state index contributed by atoms with van der Waals surface area (Å²) in [6.45, 7) is 3.52. The maximum Gasteiger partial charge on any atom is 0.118 e. The van der Waals surface area contributed by atoms with Gasteiger partial charge in [-0.25, -0.2) is 0 Å². The average Bonchev–Trinajstić information content (AvgIpc) is 2.19. The van der Waals surface area contributed by atoms with Crippen molar-refractivity contribution < 1.29 is 4.74 Å². The van der Waals surface area contributed by atoms with Crippen LogP contribution in [0.15, 0.2) is 41.8 Å². The van der Waals surface area contributed by atoms with Gasteiger partial charge in [0.25, 0.3) is 0 Å². The van der Waals surface area contributed by atoms with Crippen molar-refractivity contribution in [3.8, 4) is 5.75 Å². The van der Waals surface area contributed by atoms with E-state index in [1.54, 1.807) is 7.11 Å². The summed E-state index contributed by atoms with van der Waals surface area (Å²) in [5.74, 6) is 0.828. The Hall–Kier alpha value is -1.22. The van der Waals surface area contributed by atoms with E-state index in [9.17, 15) is 0 Å². The molecule has 0 fully saturated rings. The fraction of sp³-hybridized carbons (Fsp3) is 0.100. The normalized spacial score (nSPS) is 9.31. The number of nitrogens with one attached hydrogen (secondary N) is 1. The minimum absolute atomic E-state index is 0.449. The fourth-order valence-electron chi connectivity index (χ4n) is 0.812. The minimum Gasteiger partial charge on any atom is -0.497 e. The van der Waals surface area contributed by atoms with Gasteiger partial charge >= 0.3 is 0 Å². The Balaban J connectivity index is 2.69. The van der Waals surface area contributed by atoms with Gasteiger partial charge in [0.15, 0.2) is 0 Å². The zero-order valence-electron chi connectivity index (χ0n) is 7.41. The van der Waals surface area contributed by atoms with Crippen molar-refractivity contribution >= 4 is 16.8 Å². The lowest BCUT2D eigenvalue weighted by atomic mass is 10.3. The van der Waals surface area contributed by atoms with Crippen LogP contribution in [0.5, 0.6) is 5.75 Å². The van der Waals surface area contributed by atoms with Crippen molar-refractivity contribution in [2.45, 2.75) is 4.90 Å². The van der Waals surface area contributed by atoms with Gasteiger partial charge in [-0.3, -0.25) is 5.41 Å². The molecule has 0 bridgehead atoms. The lowest BCUT2D eigenvalue weighted by Gasteiger charge is -2.01. The largest absolute Gasteiger partial charge is 0.497 e. The molecule has 0 spiro atoms. The molecule has 0 aliphatic carbocycles. The number of hydrogen-bond donors (Lipinski definition) is 1. The molecule has 0 saturated carbocycles. The molecule has 0 atom stereocenters. The Morgan fingerprint density at radius 1 is 1.46 bits per heavy atom. The van der Waals surface area contributed by atoms with Crippen LogP contribution in [0.2, 0.25) is 0 Å². The second-order valence-corrected chi connectivity index (χ2v) is 3.46. The SMILES string of the molecule is C=CC(=N)Sc1ccc(OC)cc1. The minimum atomic E-state index is 0.449. The monoisotopic (exact) mass is 193 g/mol. The molecule has 0 amide bonds. The van der Waals surface area contributed by atoms with Crippen molar-refractivity contribution in [2.24, 2.45) is 0 Å². The molecule has 0 aromatic heterocycles. The predicted molar refractivity (Wildman–Crippen MR) is 56.8 cm³/mol. The maximum absolute atomic E-state index is 7.39. The van der Waals surface area contributed by atoms with Crippen LogP contribution < -0.4 is 4.74 Å². The molecule has 0 aliphatic rings. The zero-order valence-corrected chi connectivity index (χ0v) is 8.23. The van der Waals surface area contributed by atoms with Crippen molar-refractivity contribution in [3.05, 3.63) is 36.9 Å². The summed E-state index contributed by atoms with van der Waals surface area (Å²) in [7, 11) is 1.63. The summed E-state index contributed by atoms with van der Waals surface area (Å²) in [4.78, 5) is 1.02. The number of thioether (sulfide) groups is 1. The molecule has 1 aromatic carbocycles. The van der Waals surface area contributed by atoms with Crippen molar-refractivity contribution in [3.63, 3.8) is 0 Å². The molecule has 0 aliphatic heterocycles. The molecule has 1 N–H and O–H groups in total. The molecule has 0 saturated heterocycles. The summed E-state index contributed by atoms with van der Waals surface area (Å²) in [6.07, 6.45) is 1.52. The smallest absolute Gasteiger partial charge is 0.118 e. The molecule has 13 heavy (non-hydrogen) atoms. The molecule has 3 heteroatoms. The number of methoxy groups -OCH3 is 1. The standard InChI is InChI=1S/C10H11NOS/c1-3-10(11)13-9-6-4-8(12-2)5-7-9/h3-7,11H,1H2,2H3. The van der Waals surface area contributed by atoms with Gasteiger partial charge in [-0.2, -0.15) is 0 Å². The van der Waals surface area contributed by atoms with Crippen LogP contribution in [-0.2, 0) is 0 Å². The Morgan fingerprint density at radius 2 is 2.08 bits per heavy atom. The van der Waals surface area contributed by atoms with Crippen LogP contribution >= 0.6 is 11.8 Å². The zero-order chi connectivity index (χ0) is 9.68. The van der Waals surface area contributed by atoms with Crippen LogP contribution in [0.4, 0.5) is 0 Å². The first-order chi connectivity index (χ1) is 6.26. The highest BCUT2D eigenvalue weighted by Gasteiger charge is 1.96. The van der Waals surface area contributed by atoms with Crippen LogP contribution in [0.25, 0.3) is 0 Å². The summed E-state index contributed by atoms with van der Waals surface area (Å²) in [5.41, 5.74) is 0. The van der Waals surface area contributed by atoms with Gasteiger partial charge in [0, 0.05) is 4.90 Å². The Morgan fingerprint density at radius 3 is 2.54 bits per heavy atom. The summed E-state index contributed by atoms with van der Waals surface area (Å²) in [6, 6.07) is 7.58. The quantitative estimate of drug-likeness (QED) is 0.455. The van der Waals surface area contributed by atoms with Crippen molar-refractivity contribution in [1.82, 2.24) is 0 Å². The second-order valence-electron chi connectivity index (χ2n) is 2.35. The molecular formula is C10H11NOS. The van der Waals surface area contributed by atoms with E-state index in [0.717, 1.165) is 10.6 Å². The van der Waals surface area contributed by atoms with Crippen molar-refractivity contribution in [2.75, 3.05) is 7.11 Å². The highest BCUT2D eigenvalue weighted by molar-refractivity contribution is 8.14. The van der Waals surface area contributed by atoms with Gasteiger partial charge in [0.1, 0.15) is 5.75 Å². The number of benzene rings is 1. The molecular weight excluding hydrogens is 182 g/mol. The third-order valence-corrected chi connectivity index (χ3v) is 2.37. The van der Waals surface area contributed by atoms with Gasteiger partial charge in [-0.15, -0.1) is 0 Å². The van der Waals surface area contributed by atoms with Crippen molar-refractivity contribution in [1.29, 1.82) is 5.41 Å². The van der Waals surface area contributed by atoms with Gasteiger partial charge in [0.2, 0.25) is 0 Å². The highest BCUT2D eigenvalue weighted by Crippen LogP contribution is 2.21. The number of hydrogen-bond acceptors (Lipinski definition) is 3. The maximum atomic E-state index is 7.39. The summed E-state index contributed by atoms with van der Waals surface area (Å²) >= 11 is 1.37. The second kappa shape index (κ2) is 4.72. The molecule has 68 valence electrons. The van der Waals surface area contributed by atoms with Crippen LogP contribution in [0.1, 0.15) is 0 Å². The Labute approximate surface area is 82.1 Å². The van der Waals surface area contributed by atoms with E-state index in [-0.39, 0.29) is 0 Å². The number of rotatable bonds is 3.